The van der Waals surface area contributed by atoms with Gasteiger partial charge in [0.1, 0.15) is 5.75 Å². The van der Waals surface area contributed by atoms with Crippen molar-refractivity contribution in [3.05, 3.63) is 54.1 Å². The molecule has 0 amide bonds. The summed E-state index contributed by atoms with van der Waals surface area (Å²) in [6.45, 7) is 4.36. The zero-order valence-corrected chi connectivity index (χ0v) is 11.3. The Morgan fingerprint density at radius 2 is 1.89 bits per heavy atom. The van der Waals surface area contributed by atoms with Crippen LogP contribution in [0.1, 0.15) is 30.6 Å². The fraction of sp³-hybridized carbons (Fsp3) is 0.235. The van der Waals surface area contributed by atoms with E-state index in [2.05, 4.69) is 6.92 Å². The van der Waals surface area contributed by atoms with Crippen molar-refractivity contribution in [2.24, 2.45) is 0 Å². The number of benzene rings is 2. The molecule has 0 aliphatic heterocycles. The molecule has 0 aliphatic rings. The Morgan fingerprint density at radius 3 is 2.63 bits per heavy atom. The van der Waals surface area contributed by atoms with Crippen LogP contribution in [-0.4, -0.2) is 12.4 Å². The molecule has 0 atom stereocenters. The number of carbonyl (C=O) groups is 1. The van der Waals surface area contributed by atoms with E-state index in [0.29, 0.717) is 6.61 Å². The van der Waals surface area contributed by atoms with Crippen molar-refractivity contribution in [1.29, 1.82) is 0 Å². The van der Waals surface area contributed by atoms with Crippen molar-refractivity contribution in [1.82, 2.24) is 0 Å². The summed E-state index contributed by atoms with van der Waals surface area (Å²) in [6, 6.07) is 15.6. The molecule has 0 radical (unpaired) electrons. The van der Waals surface area contributed by atoms with Crippen LogP contribution in [0.4, 0.5) is 0 Å². The Kier molecular flexibility index (Phi) is 4.35. The highest BCUT2D eigenvalue weighted by Crippen LogP contribution is 2.30. The summed E-state index contributed by atoms with van der Waals surface area (Å²) < 4.78 is 5.76. The quantitative estimate of drug-likeness (QED) is 0.742. The molecular formula is C17H18O2. The van der Waals surface area contributed by atoms with Crippen molar-refractivity contribution in [3.63, 3.8) is 0 Å². The highest BCUT2D eigenvalue weighted by atomic mass is 16.5. The molecule has 2 aromatic rings. The molecule has 0 spiro atoms. The summed E-state index contributed by atoms with van der Waals surface area (Å²) in [7, 11) is 0. The van der Waals surface area contributed by atoms with Crippen LogP contribution in [0.15, 0.2) is 48.5 Å². The smallest absolute Gasteiger partial charge is 0.159 e. The van der Waals surface area contributed by atoms with E-state index < -0.39 is 0 Å². The maximum atomic E-state index is 11.5. The van der Waals surface area contributed by atoms with Crippen molar-refractivity contribution < 1.29 is 9.53 Å². The molecule has 2 aromatic carbocycles. The molecule has 0 N–H and O–H groups in total. The molecular weight excluding hydrogens is 236 g/mol. The van der Waals surface area contributed by atoms with Crippen molar-refractivity contribution in [2.45, 2.75) is 20.3 Å². The second-order valence-corrected chi connectivity index (χ2v) is 4.48. The first-order valence-electron chi connectivity index (χ1n) is 6.55. The van der Waals surface area contributed by atoms with E-state index in [-0.39, 0.29) is 5.78 Å². The second kappa shape index (κ2) is 6.19. The van der Waals surface area contributed by atoms with Gasteiger partial charge in [-0.15, -0.1) is 0 Å². The van der Waals surface area contributed by atoms with E-state index in [0.717, 1.165) is 28.9 Å². The Balaban J connectivity index is 2.40. The SMILES string of the molecule is CCCOc1ccccc1-c1cccc(C(C)=O)c1. The van der Waals surface area contributed by atoms with Crippen LogP contribution in [0.3, 0.4) is 0 Å². The highest BCUT2D eigenvalue weighted by molar-refractivity contribution is 5.95. The zero-order chi connectivity index (χ0) is 13.7. The summed E-state index contributed by atoms with van der Waals surface area (Å²) in [5, 5.41) is 0. The molecule has 0 saturated carbocycles. The molecule has 2 heteroatoms. The summed E-state index contributed by atoms with van der Waals surface area (Å²) in [5.74, 6) is 0.943. The van der Waals surface area contributed by atoms with E-state index >= 15 is 0 Å². The molecule has 0 fully saturated rings. The minimum absolute atomic E-state index is 0.0776. The van der Waals surface area contributed by atoms with Gasteiger partial charge in [0.25, 0.3) is 0 Å². The Hall–Kier alpha value is -2.09. The molecule has 98 valence electrons. The van der Waals surface area contributed by atoms with E-state index in [1.54, 1.807) is 6.92 Å². The summed E-state index contributed by atoms with van der Waals surface area (Å²) in [5.41, 5.74) is 2.77. The predicted octanol–water partition coefficient (Wildman–Crippen LogP) is 4.35. The van der Waals surface area contributed by atoms with E-state index in [4.69, 9.17) is 4.74 Å². The van der Waals surface area contributed by atoms with Gasteiger partial charge < -0.3 is 4.74 Å². The number of rotatable bonds is 5. The Morgan fingerprint density at radius 1 is 1.11 bits per heavy atom. The summed E-state index contributed by atoms with van der Waals surface area (Å²) in [6.07, 6.45) is 0.974. The number of para-hydroxylation sites is 1. The van der Waals surface area contributed by atoms with Crippen LogP contribution in [0.25, 0.3) is 11.1 Å². The van der Waals surface area contributed by atoms with Gasteiger partial charge in [0.2, 0.25) is 0 Å². The van der Waals surface area contributed by atoms with Gasteiger partial charge >= 0.3 is 0 Å². The average Bonchev–Trinajstić information content (AvgIpc) is 2.45. The molecule has 0 aromatic heterocycles. The van der Waals surface area contributed by atoms with Crippen molar-refractivity contribution in [3.8, 4) is 16.9 Å². The fourth-order valence-corrected chi connectivity index (χ4v) is 1.95. The maximum absolute atomic E-state index is 11.5. The van der Waals surface area contributed by atoms with E-state index in [1.807, 2.05) is 48.5 Å². The van der Waals surface area contributed by atoms with Gasteiger partial charge in [-0.3, -0.25) is 4.79 Å². The first-order valence-corrected chi connectivity index (χ1v) is 6.55. The van der Waals surface area contributed by atoms with Crippen LogP contribution in [0.2, 0.25) is 0 Å². The number of hydrogen-bond donors (Lipinski definition) is 0. The minimum Gasteiger partial charge on any atom is -0.493 e. The molecule has 19 heavy (non-hydrogen) atoms. The third-order valence-electron chi connectivity index (χ3n) is 2.93. The first kappa shape index (κ1) is 13.3. The predicted molar refractivity (Wildman–Crippen MR) is 77.7 cm³/mol. The van der Waals surface area contributed by atoms with Gasteiger partial charge in [-0.1, -0.05) is 43.3 Å². The third kappa shape index (κ3) is 3.22. The Bertz CT molecular complexity index is 573. The third-order valence-corrected chi connectivity index (χ3v) is 2.93. The number of ketones is 1. The number of carbonyl (C=O) groups excluding carboxylic acids is 1. The number of Topliss-reactive ketones (excluding diaryl/α,β-unsaturated/α-hetero) is 1. The van der Waals surface area contributed by atoms with Crippen molar-refractivity contribution >= 4 is 5.78 Å². The van der Waals surface area contributed by atoms with Gasteiger partial charge in [-0.25, -0.2) is 0 Å². The van der Waals surface area contributed by atoms with E-state index in [9.17, 15) is 4.79 Å². The van der Waals surface area contributed by atoms with Crippen LogP contribution in [-0.2, 0) is 0 Å². The van der Waals surface area contributed by atoms with Gasteiger partial charge in [0.15, 0.2) is 5.78 Å². The van der Waals surface area contributed by atoms with E-state index in [1.165, 1.54) is 0 Å². The Labute approximate surface area is 114 Å². The van der Waals surface area contributed by atoms with Gasteiger partial charge in [-0.2, -0.15) is 0 Å². The molecule has 0 saturated heterocycles. The first-order chi connectivity index (χ1) is 9.22. The highest BCUT2D eigenvalue weighted by Gasteiger charge is 2.07. The summed E-state index contributed by atoms with van der Waals surface area (Å²) >= 11 is 0. The van der Waals surface area contributed by atoms with Gasteiger partial charge in [-0.05, 0) is 31.0 Å². The maximum Gasteiger partial charge on any atom is 0.159 e. The molecule has 0 bridgehead atoms. The average molecular weight is 254 g/mol. The number of ether oxygens (including phenoxy) is 1. The normalized spacial score (nSPS) is 10.2. The summed E-state index contributed by atoms with van der Waals surface area (Å²) in [4.78, 5) is 11.5. The van der Waals surface area contributed by atoms with Gasteiger partial charge in [0, 0.05) is 11.1 Å². The van der Waals surface area contributed by atoms with Gasteiger partial charge in [0.05, 0.1) is 6.61 Å². The monoisotopic (exact) mass is 254 g/mol. The largest absolute Gasteiger partial charge is 0.493 e. The lowest BCUT2D eigenvalue weighted by molar-refractivity contribution is 0.101. The fourth-order valence-electron chi connectivity index (χ4n) is 1.95. The lowest BCUT2D eigenvalue weighted by atomic mass is 10.0. The van der Waals surface area contributed by atoms with Crippen LogP contribution >= 0.6 is 0 Å². The lowest BCUT2D eigenvalue weighted by Crippen LogP contribution is -1.97. The molecule has 2 rings (SSSR count). The second-order valence-electron chi connectivity index (χ2n) is 4.48. The molecule has 0 unspecified atom stereocenters. The zero-order valence-electron chi connectivity index (χ0n) is 11.3. The minimum atomic E-state index is 0.0776. The van der Waals surface area contributed by atoms with Crippen molar-refractivity contribution in [2.75, 3.05) is 6.61 Å². The lowest BCUT2D eigenvalue weighted by Gasteiger charge is -2.11. The van der Waals surface area contributed by atoms with Crippen LogP contribution < -0.4 is 4.74 Å². The van der Waals surface area contributed by atoms with Crippen LogP contribution in [0, 0.1) is 0 Å². The molecule has 0 aliphatic carbocycles. The topological polar surface area (TPSA) is 26.3 Å². The van der Waals surface area contributed by atoms with Crippen LogP contribution in [0.5, 0.6) is 5.75 Å². The number of hydrogen-bond acceptors (Lipinski definition) is 2. The molecule has 0 heterocycles. The standard InChI is InChI=1S/C17H18O2/c1-3-11-19-17-10-5-4-9-16(17)15-8-6-7-14(12-15)13(2)18/h4-10,12H,3,11H2,1-2H3. The molecule has 2 nitrogen and oxygen atoms in total.